The first-order chi connectivity index (χ1) is 21.8. The van der Waals surface area contributed by atoms with Crippen LogP contribution < -0.4 is 55.3 Å². The van der Waals surface area contributed by atoms with Crippen LogP contribution in [0.1, 0.15) is 64.2 Å². The molecule has 1 fully saturated rings. The number of rotatable bonds is 22. The van der Waals surface area contributed by atoms with Gasteiger partial charge >= 0.3 is 5.97 Å². The quantitative estimate of drug-likeness (QED) is 0.0299. The van der Waals surface area contributed by atoms with Gasteiger partial charge in [-0.2, -0.15) is 0 Å². The first-order valence-corrected chi connectivity index (χ1v) is 15.6. The third-order valence-electron chi connectivity index (χ3n) is 7.46. The number of likely N-dealkylation sites (tertiary alicyclic amines) is 1. The zero-order valence-corrected chi connectivity index (χ0v) is 26.3. The van der Waals surface area contributed by atoms with E-state index in [0.717, 1.165) is 6.42 Å². The number of nitrogens with zero attached hydrogens (tertiary/aromatic N) is 1. The van der Waals surface area contributed by atoms with Crippen molar-refractivity contribution in [3.05, 3.63) is 0 Å². The maximum absolute atomic E-state index is 13.3. The summed E-state index contributed by atoms with van der Waals surface area (Å²) in [7, 11) is 0. The molecule has 262 valence electrons. The SMILES string of the molecule is N=C(N)NCCCC[C@H](N)C(=O)NCCCC[C@H](N)C(=O)N[C@@H](CN)C(=O)N1CCC[C@H]1C(=O)N[C@@H](CCCNC(=N)N)C(=O)O. The molecule has 18 N–H and O–H groups in total. The summed E-state index contributed by atoms with van der Waals surface area (Å²) in [6.07, 6.45) is 4.52. The Hall–Kier alpha value is -4.23. The van der Waals surface area contributed by atoms with E-state index < -0.39 is 53.9 Å². The molecular weight excluding hydrogens is 602 g/mol. The fourth-order valence-electron chi connectivity index (χ4n) is 4.86. The highest BCUT2D eigenvalue weighted by atomic mass is 16.4. The molecule has 0 aliphatic carbocycles. The minimum Gasteiger partial charge on any atom is -0.480 e. The van der Waals surface area contributed by atoms with Crippen LogP contribution in [0.15, 0.2) is 0 Å². The van der Waals surface area contributed by atoms with Crippen LogP contribution in [0.5, 0.6) is 0 Å². The summed E-state index contributed by atoms with van der Waals surface area (Å²) >= 11 is 0. The molecule has 46 heavy (non-hydrogen) atoms. The van der Waals surface area contributed by atoms with E-state index in [1.807, 2.05) is 0 Å². The highest BCUT2D eigenvalue weighted by Crippen LogP contribution is 2.19. The van der Waals surface area contributed by atoms with Crippen LogP contribution in [0.25, 0.3) is 0 Å². The van der Waals surface area contributed by atoms with Gasteiger partial charge in [-0.15, -0.1) is 0 Å². The number of carbonyl (C=O) groups excluding carboxylic acids is 4. The van der Waals surface area contributed by atoms with Gasteiger partial charge in [-0.25, -0.2) is 4.79 Å². The molecule has 0 aromatic carbocycles. The Bertz CT molecular complexity index is 1050. The van der Waals surface area contributed by atoms with E-state index in [2.05, 4.69) is 26.6 Å². The molecule has 1 heterocycles. The average molecular weight is 656 g/mol. The van der Waals surface area contributed by atoms with Gasteiger partial charge in [0.1, 0.15) is 18.1 Å². The highest BCUT2D eigenvalue weighted by Gasteiger charge is 2.38. The van der Waals surface area contributed by atoms with Gasteiger partial charge in [0.15, 0.2) is 11.9 Å². The Balaban J connectivity index is 2.49. The number of carboxylic acid groups (broad SMARTS) is 1. The van der Waals surface area contributed by atoms with Gasteiger partial charge in [0, 0.05) is 32.7 Å². The van der Waals surface area contributed by atoms with Crippen molar-refractivity contribution in [1.82, 2.24) is 31.5 Å². The van der Waals surface area contributed by atoms with Crippen LogP contribution in [-0.2, 0) is 24.0 Å². The number of nitrogens with one attached hydrogen (secondary N) is 7. The van der Waals surface area contributed by atoms with Crippen LogP contribution >= 0.6 is 0 Å². The second-order valence-electron chi connectivity index (χ2n) is 11.2. The molecule has 19 nitrogen and oxygen atoms in total. The fraction of sp³-hybridized carbons (Fsp3) is 0.741. The van der Waals surface area contributed by atoms with Crippen molar-refractivity contribution in [2.45, 2.75) is 94.4 Å². The van der Waals surface area contributed by atoms with E-state index in [0.29, 0.717) is 58.0 Å². The lowest BCUT2D eigenvalue weighted by molar-refractivity contribution is -0.145. The van der Waals surface area contributed by atoms with E-state index in [9.17, 15) is 29.1 Å². The largest absolute Gasteiger partial charge is 0.480 e. The topological polar surface area (TPSA) is 347 Å². The Morgan fingerprint density at radius 1 is 0.761 bits per heavy atom. The molecule has 1 aliphatic rings. The van der Waals surface area contributed by atoms with Gasteiger partial charge in [0.25, 0.3) is 0 Å². The summed E-state index contributed by atoms with van der Waals surface area (Å²) in [4.78, 5) is 64.1. The lowest BCUT2D eigenvalue weighted by atomic mass is 10.1. The van der Waals surface area contributed by atoms with Gasteiger partial charge in [-0.1, -0.05) is 0 Å². The summed E-state index contributed by atoms with van der Waals surface area (Å²) in [6, 6.07) is -4.83. The van der Waals surface area contributed by atoms with Gasteiger partial charge in [-0.3, -0.25) is 30.0 Å². The summed E-state index contributed by atoms with van der Waals surface area (Å²) in [5.41, 5.74) is 28.2. The lowest BCUT2D eigenvalue weighted by Crippen LogP contribution is -2.58. The van der Waals surface area contributed by atoms with Crippen molar-refractivity contribution >= 4 is 41.5 Å². The Labute approximate surface area is 268 Å². The molecule has 0 aromatic heterocycles. The molecular formula is C27H53N13O6. The van der Waals surface area contributed by atoms with Crippen LogP contribution in [-0.4, -0.2) is 114 Å². The van der Waals surface area contributed by atoms with Crippen LogP contribution in [0.3, 0.4) is 0 Å². The van der Waals surface area contributed by atoms with Crippen molar-refractivity contribution in [2.75, 3.05) is 32.7 Å². The molecule has 0 spiro atoms. The van der Waals surface area contributed by atoms with Crippen molar-refractivity contribution in [2.24, 2.45) is 28.7 Å². The molecule has 0 saturated carbocycles. The maximum Gasteiger partial charge on any atom is 0.326 e. The zero-order valence-electron chi connectivity index (χ0n) is 26.3. The molecule has 0 radical (unpaired) electrons. The summed E-state index contributed by atoms with van der Waals surface area (Å²) in [5.74, 6) is -3.62. The second kappa shape index (κ2) is 21.5. The molecule has 1 aliphatic heterocycles. The number of aliphatic carboxylic acids is 1. The minimum absolute atomic E-state index is 0.0867. The Kier molecular flexibility index (Phi) is 18.6. The summed E-state index contributed by atoms with van der Waals surface area (Å²) in [6.45, 7) is 1.16. The minimum atomic E-state index is -1.23. The number of carboxylic acids is 1. The zero-order chi connectivity index (χ0) is 34.6. The van der Waals surface area contributed by atoms with Crippen molar-refractivity contribution in [3.63, 3.8) is 0 Å². The number of guanidine groups is 2. The Morgan fingerprint density at radius 3 is 1.85 bits per heavy atom. The lowest BCUT2D eigenvalue weighted by Gasteiger charge is -2.29. The number of amides is 4. The first kappa shape index (κ1) is 39.8. The number of hydrogen-bond donors (Lipinski definition) is 13. The monoisotopic (exact) mass is 655 g/mol. The van der Waals surface area contributed by atoms with Crippen LogP contribution in [0.4, 0.5) is 0 Å². The first-order valence-electron chi connectivity index (χ1n) is 15.6. The third kappa shape index (κ3) is 15.2. The molecule has 0 unspecified atom stereocenters. The molecule has 4 amide bonds. The molecule has 1 saturated heterocycles. The summed E-state index contributed by atoms with van der Waals surface area (Å²) in [5, 5.41) is 36.8. The number of nitrogens with two attached hydrogens (primary N) is 5. The molecule has 0 aromatic rings. The van der Waals surface area contributed by atoms with E-state index in [4.69, 9.17) is 39.5 Å². The van der Waals surface area contributed by atoms with Crippen LogP contribution in [0, 0.1) is 10.8 Å². The normalized spacial score (nSPS) is 16.8. The van der Waals surface area contributed by atoms with Crippen molar-refractivity contribution in [1.29, 1.82) is 10.8 Å². The maximum atomic E-state index is 13.3. The van der Waals surface area contributed by atoms with Crippen molar-refractivity contribution in [3.8, 4) is 0 Å². The Morgan fingerprint density at radius 2 is 1.30 bits per heavy atom. The van der Waals surface area contributed by atoms with Crippen LogP contribution in [0.2, 0.25) is 0 Å². The smallest absolute Gasteiger partial charge is 0.326 e. The highest BCUT2D eigenvalue weighted by molar-refractivity contribution is 5.94. The van der Waals surface area contributed by atoms with E-state index >= 15 is 0 Å². The molecule has 5 atom stereocenters. The fourth-order valence-corrected chi connectivity index (χ4v) is 4.86. The van der Waals surface area contributed by atoms with Gasteiger partial charge < -0.3 is 65.3 Å². The average Bonchev–Trinajstić information content (AvgIpc) is 3.50. The third-order valence-corrected chi connectivity index (χ3v) is 7.46. The molecule has 1 rings (SSSR count). The number of carbonyl (C=O) groups is 5. The van der Waals surface area contributed by atoms with Crippen molar-refractivity contribution < 1.29 is 29.1 Å². The number of unbranched alkanes of at least 4 members (excludes halogenated alkanes) is 2. The van der Waals surface area contributed by atoms with Gasteiger partial charge in [-0.05, 0) is 64.2 Å². The predicted molar refractivity (Wildman–Crippen MR) is 171 cm³/mol. The summed E-state index contributed by atoms with van der Waals surface area (Å²) < 4.78 is 0. The van der Waals surface area contributed by atoms with E-state index in [-0.39, 0.29) is 50.3 Å². The van der Waals surface area contributed by atoms with Gasteiger partial charge in [0.05, 0.1) is 12.1 Å². The van der Waals surface area contributed by atoms with Gasteiger partial charge in [0.2, 0.25) is 23.6 Å². The molecule has 0 bridgehead atoms. The predicted octanol–water partition coefficient (Wildman–Crippen LogP) is -4.15. The standard InChI is InChI=1S/C27H53N13O6/c28-15-19(24(44)40-14-6-10-20(40)23(43)38-18(25(45)46)9-5-13-37-27(33)34)39-22(42)17(30)8-1-3-11-35-21(41)16(29)7-2-4-12-36-26(31)32/h16-20H,1-15,28-30H2,(H,35,41)(H,38,43)(H,39,42)(H,45,46)(H4,31,32,36)(H4,33,34,37)/t16-,17-,18-,19-,20-/m0/s1. The molecule has 19 heteroatoms. The van der Waals surface area contributed by atoms with E-state index in [1.165, 1.54) is 4.90 Å². The van der Waals surface area contributed by atoms with E-state index in [1.54, 1.807) is 0 Å². The second-order valence-corrected chi connectivity index (χ2v) is 11.2. The number of hydrogen-bond acceptors (Lipinski definition) is 10.